The van der Waals surface area contributed by atoms with E-state index in [-0.39, 0.29) is 23.9 Å². The Hall–Kier alpha value is -3.30. The Morgan fingerprint density at radius 1 is 1.37 bits per heavy atom. The van der Waals surface area contributed by atoms with Crippen molar-refractivity contribution < 1.29 is 19.2 Å². The van der Waals surface area contributed by atoms with Gasteiger partial charge in [-0.3, -0.25) is 14.4 Å². The number of aromatic nitrogens is 3. The molecule has 1 aliphatic rings. The van der Waals surface area contributed by atoms with E-state index in [4.69, 9.17) is 10.6 Å². The first-order valence-corrected chi connectivity index (χ1v) is 8.57. The molecule has 10 nitrogen and oxygen atoms in total. The molecule has 0 spiro atoms. The van der Waals surface area contributed by atoms with Crippen LogP contribution < -0.4 is 11.3 Å². The molecule has 2 unspecified atom stereocenters. The number of nitrogen functional groups attached to an aromatic ring is 1. The number of rotatable bonds is 4. The monoisotopic (exact) mass is 373 g/mol. The fraction of sp³-hybridized carbons (Fsp3) is 0.412. The summed E-state index contributed by atoms with van der Waals surface area (Å²) in [5.41, 5.74) is 5.77. The third-order valence-corrected chi connectivity index (χ3v) is 4.58. The summed E-state index contributed by atoms with van der Waals surface area (Å²) in [5, 5.41) is 8.30. The van der Waals surface area contributed by atoms with Crippen LogP contribution in [0.1, 0.15) is 39.2 Å². The minimum atomic E-state index is -1.11. The second kappa shape index (κ2) is 7.14. The number of hydrogen-bond donors (Lipinski definition) is 1. The number of hydroxylamine groups is 2. The lowest BCUT2D eigenvalue weighted by molar-refractivity contribution is -0.210. The molecule has 1 aliphatic heterocycles. The molecule has 142 valence electrons. The summed E-state index contributed by atoms with van der Waals surface area (Å²) in [6.45, 7) is 3.41. The van der Waals surface area contributed by atoms with Crippen molar-refractivity contribution in [3.63, 3.8) is 0 Å². The van der Waals surface area contributed by atoms with Gasteiger partial charge >= 0.3 is 5.97 Å². The first-order valence-electron chi connectivity index (χ1n) is 8.57. The normalized spacial score (nSPS) is 18.6. The third kappa shape index (κ3) is 3.25. The van der Waals surface area contributed by atoms with Crippen molar-refractivity contribution in [3.8, 4) is 0 Å². The topological polar surface area (TPSA) is 137 Å². The fourth-order valence-corrected chi connectivity index (χ4v) is 2.74. The van der Waals surface area contributed by atoms with Crippen LogP contribution in [0.3, 0.4) is 0 Å². The van der Waals surface area contributed by atoms with Crippen LogP contribution in [0.25, 0.3) is 10.9 Å². The van der Waals surface area contributed by atoms with Crippen molar-refractivity contribution in [1.82, 2.24) is 20.1 Å². The van der Waals surface area contributed by atoms with Gasteiger partial charge in [-0.1, -0.05) is 25.1 Å². The Bertz CT molecular complexity index is 985. The lowest BCUT2D eigenvalue weighted by Crippen LogP contribution is -2.49. The van der Waals surface area contributed by atoms with Gasteiger partial charge in [0.1, 0.15) is 11.6 Å². The molecule has 27 heavy (non-hydrogen) atoms. The zero-order valence-electron chi connectivity index (χ0n) is 14.9. The Kier molecular flexibility index (Phi) is 4.89. The summed E-state index contributed by atoms with van der Waals surface area (Å²) in [5.74, 6) is -2.66. The van der Waals surface area contributed by atoms with E-state index in [1.807, 2.05) is 0 Å². The van der Waals surface area contributed by atoms with Gasteiger partial charge in [0.05, 0.1) is 11.3 Å². The van der Waals surface area contributed by atoms with E-state index in [9.17, 15) is 19.2 Å². The molecule has 3 rings (SSSR count). The van der Waals surface area contributed by atoms with Crippen LogP contribution in [0.15, 0.2) is 23.0 Å². The fourth-order valence-electron chi connectivity index (χ4n) is 2.74. The zero-order valence-corrected chi connectivity index (χ0v) is 14.9. The van der Waals surface area contributed by atoms with Gasteiger partial charge in [-0.05, 0) is 25.0 Å². The lowest BCUT2D eigenvalue weighted by Gasteiger charge is -2.29. The van der Waals surface area contributed by atoms with Crippen molar-refractivity contribution in [2.75, 3.05) is 5.73 Å². The molecule has 1 aromatic heterocycles. The predicted molar refractivity (Wildman–Crippen MR) is 93.9 cm³/mol. The van der Waals surface area contributed by atoms with Crippen LogP contribution in [-0.2, 0) is 19.2 Å². The molecule has 2 N–H and O–H groups in total. The van der Waals surface area contributed by atoms with E-state index < -0.39 is 35.3 Å². The van der Waals surface area contributed by atoms with Crippen molar-refractivity contribution in [2.24, 2.45) is 5.92 Å². The van der Waals surface area contributed by atoms with Crippen molar-refractivity contribution in [3.05, 3.63) is 28.6 Å². The number of hydrogen-bond acceptors (Lipinski definition) is 8. The van der Waals surface area contributed by atoms with Gasteiger partial charge in [-0.15, -0.1) is 10.2 Å². The highest BCUT2D eigenvalue weighted by Gasteiger charge is 2.40. The molecule has 0 aliphatic carbocycles. The second-order valence-corrected chi connectivity index (χ2v) is 6.38. The molecular weight excluding hydrogens is 354 g/mol. The molecule has 1 fully saturated rings. The number of carbonyl (C=O) groups excluding carboxylic acids is 3. The molecular formula is C17H19N5O5. The first-order chi connectivity index (χ1) is 12.8. The van der Waals surface area contributed by atoms with Crippen LogP contribution in [0.4, 0.5) is 5.69 Å². The van der Waals surface area contributed by atoms with E-state index in [1.165, 1.54) is 0 Å². The van der Waals surface area contributed by atoms with Crippen LogP contribution in [0, 0.1) is 5.92 Å². The Labute approximate surface area is 153 Å². The van der Waals surface area contributed by atoms with E-state index in [1.54, 1.807) is 32.0 Å². The van der Waals surface area contributed by atoms with Gasteiger partial charge in [0.15, 0.2) is 0 Å². The quantitative estimate of drug-likeness (QED) is 0.606. The average Bonchev–Trinajstić information content (AvgIpc) is 2.65. The van der Waals surface area contributed by atoms with Gasteiger partial charge in [0.2, 0.25) is 0 Å². The number of carbonyl (C=O) groups is 3. The maximum absolute atomic E-state index is 12.8. The summed E-state index contributed by atoms with van der Waals surface area (Å²) in [6, 6.07) is 3.65. The van der Waals surface area contributed by atoms with Crippen LogP contribution in [-0.4, -0.2) is 37.8 Å². The highest BCUT2D eigenvalue weighted by Crippen LogP contribution is 2.24. The van der Waals surface area contributed by atoms with Gasteiger partial charge in [-0.2, -0.15) is 4.68 Å². The highest BCUT2D eigenvalue weighted by molar-refractivity contribution is 5.99. The minimum absolute atomic E-state index is 0.0435. The molecule has 1 aromatic carbocycles. The number of imide groups is 1. The SMILES string of the molecule is CCC(C)C(=O)ON1C(=O)CCC(n2nnc3cccc(N)c3c2=O)C1=O. The number of anilines is 1. The Balaban J connectivity index is 1.97. The molecule has 2 atom stereocenters. The van der Waals surface area contributed by atoms with Crippen molar-refractivity contribution in [2.45, 2.75) is 39.2 Å². The molecule has 1 saturated heterocycles. The minimum Gasteiger partial charge on any atom is -0.398 e. The molecule has 0 saturated carbocycles. The molecule has 0 radical (unpaired) electrons. The summed E-state index contributed by atoms with van der Waals surface area (Å²) >= 11 is 0. The molecule has 2 aromatic rings. The maximum atomic E-state index is 12.8. The van der Waals surface area contributed by atoms with Gasteiger partial charge in [0, 0.05) is 12.1 Å². The number of nitrogens with two attached hydrogens (primary N) is 1. The standard InChI is InChI=1S/C17H19N5O5/c1-3-9(2)17(26)27-22-13(23)8-7-12(15(22)24)21-16(25)14-10(18)5-4-6-11(14)19-20-21/h4-6,9,12H,3,7-8,18H2,1-2H3. The Morgan fingerprint density at radius 2 is 2.11 bits per heavy atom. The number of fused-ring (bicyclic) bond motifs is 1. The highest BCUT2D eigenvalue weighted by atomic mass is 16.7. The Morgan fingerprint density at radius 3 is 2.81 bits per heavy atom. The summed E-state index contributed by atoms with van der Waals surface area (Å²) in [4.78, 5) is 54.5. The van der Waals surface area contributed by atoms with E-state index >= 15 is 0 Å². The number of piperidine rings is 1. The average molecular weight is 373 g/mol. The van der Waals surface area contributed by atoms with E-state index in [0.717, 1.165) is 4.68 Å². The number of amides is 2. The molecule has 10 heteroatoms. The van der Waals surface area contributed by atoms with Gasteiger partial charge < -0.3 is 10.6 Å². The summed E-state index contributed by atoms with van der Waals surface area (Å²) in [7, 11) is 0. The maximum Gasteiger partial charge on any atom is 0.335 e. The largest absolute Gasteiger partial charge is 0.398 e. The molecule has 2 heterocycles. The first kappa shape index (κ1) is 18.5. The van der Waals surface area contributed by atoms with Crippen molar-refractivity contribution in [1.29, 1.82) is 0 Å². The lowest BCUT2D eigenvalue weighted by atomic mass is 10.1. The van der Waals surface area contributed by atoms with Crippen LogP contribution in [0.2, 0.25) is 0 Å². The molecule has 2 amide bonds. The smallest absolute Gasteiger partial charge is 0.335 e. The van der Waals surface area contributed by atoms with Crippen LogP contribution in [0.5, 0.6) is 0 Å². The predicted octanol–water partition coefficient (Wildman–Crippen LogP) is 0.568. The molecule has 0 bridgehead atoms. The van der Waals surface area contributed by atoms with Crippen molar-refractivity contribution >= 4 is 34.4 Å². The van der Waals surface area contributed by atoms with Crippen LogP contribution >= 0.6 is 0 Å². The second-order valence-electron chi connectivity index (χ2n) is 6.38. The third-order valence-electron chi connectivity index (χ3n) is 4.58. The number of benzene rings is 1. The van der Waals surface area contributed by atoms with Gasteiger partial charge in [0.25, 0.3) is 17.4 Å². The number of nitrogens with zero attached hydrogens (tertiary/aromatic N) is 4. The summed E-state index contributed by atoms with van der Waals surface area (Å²) < 4.78 is 0.886. The van der Waals surface area contributed by atoms with E-state index in [2.05, 4.69) is 10.3 Å². The summed E-state index contributed by atoms with van der Waals surface area (Å²) in [6.07, 6.45) is 0.454. The zero-order chi connectivity index (χ0) is 19.7. The van der Waals surface area contributed by atoms with Gasteiger partial charge in [-0.25, -0.2) is 4.79 Å². The van der Waals surface area contributed by atoms with E-state index in [0.29, 0.717) is 17.0 Å².